The SMILES string of the molecule is Cc1ccc2nc(C)cc(C(=O)N3CCC(c4cc(CC(=O)O)[nH]n4)CC3)c2c1. The number of nitrogens with one attached hydrogen (secondary N) is 1. The summed E-state index contributed by atoms with van der Waals surface area (Å²) in [7, 11) is 0. The Kier molecular flexibility index (Phi) is 5.05. The van der Waals surface area contributed by atoms with Gasteiger partial charge in [-0.15, -0.1) is 0 Å². The number of H-pyrrole nitrogens is 1. The van der Waals surface area contributed by atoms with Crippen LogP contribution in [-0.4, -0.2) is 50.2 Å². The maximum absolute atomic E-state index is 13.3. The fourth-order valence-electron chi connectivity index (χ4n) is 4.04. The molecule has 4 rings (SSSR count). The molecular weight excluding hydrogens is 368 g/mol. The molecule has 1 aromatic carbocycles. The molecular formula is C22H24N4O3. The van der Waals surface area contributed by atoms with Gasteiger partial charge in [0.05, 0.1) is 23.2 Å². The molecule has 3 aromatic rings. The number of carbonyl (C=O) groups excluding carboxylic acids is 1. The van der Waals surface area contributed by atoms with Gasteiger partial charge in [-0.25, -0.2) is 0 Å². The van der Waals surface area contributed by atoms with E-state index >= 15 is 0 Å². The lowest BCUT2D eigenvalue weighted by atomic mass is 9.92. The fraction of sp³-hybridized carbons (Fsp3) is 0.364. The number of carboxylic acids is 1. The van der Waals surface area contributed by atoms with Crippen molar-refractivity contribution in [2.24, 2.45) is 0 Å². The lowest BCUT2D eigenvalue weighted by Gasteiger charge is -2.31. The van der Waals surface area contributed by atoms with Gasteiger partial charge in [-0.3, -0.25) is 19.7 Å². The van der Waals surface area contributed by atoms with Gasteiger partial charge in [0.25, 0.3) is 5.91 Å². The van der Waals surface area contributed by atoms with Gasteiger partial charge in [-0.1, -0.05) is 11.6 Å². The van der Waals surface area contributed by atoms with Crippen molar-refractivity contribution in [2.45, 2.75) is 39.0 Å². The molecule has 0 spiro atoms. The van der Waals surface area contributed by atoms with Crippen LogP contribution in [0, 0.1) is 13.8 Å². The number of rotatable bonds is 4. The standard InChI is InChI=1S/C22H24N4O3/c1-13-3-4-19-17(9-13)18(10-14(2)23-19)22(29)26-7-5-15(6-8-26)20-11-16(24-25-20)12-21(27)28/h3-4,9-11,15H,5-8,12H2,1-2H3,(H,24,25)(H,27,28). The number of pyridine rings is 1. The molecule has 0 bridgehead atoms. The lowest BCUT2D eigenvalue weighted by Crippen LogP contribution is -2.38. The zero-order valence-corrected chi connectivity index (χ0v) is 16.6. The summed E-state index contributed by atoms with van der Waals surface area (Å²) in [5, 5.41) is 16.9. The van der Waals surface area contributed by atoms with Crippen molar-refractivity contribution >= 4 is 22.8 Å². The van der Waals surface area contributed by atoms with Crippen LogP contribution in [0.1, 0.15) is 51.8 Å². The highest BCUT2D eigenvalue weighted by molar-refractivity contribution is 6.06. The zero-order valence-electron chi connectivity index (χ0n) is 16.6. The molecule has 2 aromatic heterocycles. The van der Waals surface area contributed by atoms with Gasteiger partial charge in [-0.2, -0.15) is 5.10 Å². The third kappa shape index (κ3) is 3.99. The number of amides is 1. The minimum atomic E-state index is -0.879. The number of aromatic amines is 1. The van der Waals surface area contributed by atoms with E-state index in [1.54, 1.807) is 0 Å². The van der Waals surface area contributed by atoms with E-state index in [1.165, 1.54) is 0 Å². The van der Waals surface area contributed by atoms with E-state index in [2.05, 4.69) is 15.2 Å². The smallest absolute Gasteiger partial charge is 0.309 e. The van der Waals surface area contributed by atoms with Crippen LogP contribution in [0.15, 0.2) is 30.3 Å². The predicted octanol–water partition coefficient (Wildman–Crippen LogP) is 3.22. The van der Waals surface area contributed by atoms with Crippen molar-refractivity contribution in [3.8, 4) is 0 Å². The topological polar surface area (TPSA) is 99.2 Å². The molecule has 7 nitrogen and oxygen atoms in total. The zero-order chi connectivity index (χ0) is 20.5. The average Bonchev–Trinajstić information content (AvgIpc) is 3.15. The molecule has 0 aliphatic carbocycles. The first-order valence-electron chi connectivity index (χ1n) is 9.84. The molecule has 1 aliphatic heterocycles. The summed E-state index contributed by atoms with van der Waals surface area (Å²) in [5.41, 5.74) is 4.98. The van der Waals surface area contributed by atoms with E-state index < -0.39 is 5.97 Å². The van der Waals surface area contributed by atoms with E-state index in [-0.39, 0.29) is 18.2 Å². The van der Waals surface area contributed by atoms with E-state index in [1.807, 2.05) is 49.1 Å². The summed E-state index contributed by atoms with van der Waals surface area (Å²) in [6.45, 7) is 5.23. The molecule has 0 saturated carbocycles. The Balaban J connectivity index is 1.50. The lowest BCUT2D eigenvalue weighted by molar-refractivity contribution is -0.136. The largest absolute Gasteiger partial charge is 0.481 e. The number of hydrogen-bond donors (Lipinski definition) is 2. The van der Waals surface area contributed by atoms with Crippen LogP contribution in [0.5, 0.6) is 0 Å². The number of aliphatic carboxylic acids is 1. The molecule has 0 unspecified atom stereocenters. The number of likely N-dealkylation sites (tertiary alicyclic amines) is 1. The van der Waals surface area contributed by atoms with E-state index in [0.717, 1.165) is 40.7 Å². The minimum absolute atomic E-state index is 0.0399. The molecule has 1 aliphatic rings. The summed E-state index contributed by atoms with van der Waals surface area (Å²) >= 11 is 0. The van der Waals surface area contributed by atoms with Gasteiger partial charge < -0.3 is 10.0 Å². The third-order valence-electron chi connectivity index (χ3n) is 5.52. The molecule has 1 amide bonds. The highest BCUT2D eigenvalue weighted by atomic mass is 16.4. The van der Waals surface area contributed by atoms with Gasteiger partial charge >= 0.3 is 5.97 Å². The van der Waals surface area contributed by atoms with Crippen molar-refractivity contribution < 1.29 is 14.7 Å². The van der Waals surface area contributed by atoms with Gasteiger partial charge in [0.2, 0.25) is 0 Å². The summed E-state index contributed by atoms with van der Waals surface area (Å²) in [6.07, 6.45) is 1.56. The average molecular weight is 392 g/mol. The summed E-state index contributed by atoms with van der Waals surface area (Å²) in [5.74, 6) is -0.607. The molecule has 29 heavy (non-hydrogen) atoms. The monoisotopic (exact) mass is 392 g/mol. The number of piperidine rings is 1. The molecule has 0 radical (unpaired) electrons. The Hall–Kier alpha value is -3.22. The molecule has 1 saturated heterocycles. The first kappa shape index (κ1) is 19.1. The first-order valence-corrected chi connectivity index (χ1v) is 9.84. The van der Waals surface area contributed by atoms with Crippen LogP contribution >= 0.6 is 0 Å². The number of nitrogens with zero attached hydrogens (tertiary/aromatic N) is 3. The van der Waals surface area contributed by atoms with E-state index in [9.17, 15) is 9.59 Å². The fourth-order valence-corrected chi connectivity index (χ4v) is 4.04. The Morgan fingerprint density at radius 3 is 2.66 bits per heavy atom. The Morgan fingerprint density at radius 2 is 1.93 bits per heavy atom. The molecule has 150 valence electrons. The van der Waals surface area contributed by atoms with Gasteiger partial charge in [0.1, 0.15) is 0 Å². The highest BCUT2D eigenvalue weighted by Crippen LogP contribution is 2.29. The van der Waals surface area contributed by atoms with Crippen molar-refractivity contribution in [2.75, 3.05) is 13.1 Å². The van der Waals surface area contributed by atoms with Crippen LogP contribution in [0.25, 0.3) is 10.9 Å². The van der Waals surface area contributed by atoms with Crippen LogP contribution in [0.4, 0.5) is 0 Å². The summed E-state index contributed by atoms with van der Waals surface area (Å²) < 4.78 is 0. The van der Waals surface area contributed by atoms with Gasteiger partial charge in [0, 0.05) is 35.8 Å². The van der Waals surface area contributed by atoms with Gasteiger partial charge in [0.15, 0.2) is 0 Å². The molecule has 2 N–H and O–H groups in total. The molecule has 0 atom stereocenters. The van der Waals surface area contributed by atoms with Crippen molar-refractivity contribution in [1.29, 1.82) is 0 Å². The maximum Gasteiger partial charge on any atom is 0.309 e. The molecule has 7 heteroatoms. The Bertz CT molecular complexity index is 1080. The van der Waals surface area contributed by atoms with E-state index in [4.69, 9.17) is 5.11 Å². The van der Waals surface area contributed by atoms with E-state index in [0.29, 0.717) is 24.3 Å². The minimum Gasteiger partial charge on any atom is -0.481 e. The number of benzene rings is 1. The van der Waals surface area contributed by atoms with Crippen molar-refractivity contribution in [3.63, 3.8) is 0 Å². The van der Waals surface area contributed by atoms with Crippen LogP contribution in [0.2, 0.25) is 0 Å². The quantitative estimate of drug-likeness (QED) is 0.710. The second-order valence-corrected chi connectivity index (χ2v) is 7.79. The summed E-state index contributed by atoms with van der Waals surface area (Å²) in [4.78, 5) is 30.6. The van der Waals surface area contributed by atoms with Crippen LogP contribution < -0.4 is 0 Å². The summed E-state index contributed by atoms with van der Waals surface area (Å²) in [6, 6.07) is 9.71. The number of aryl methyl sites for hydroxylation is 2. The second-order valence-electron chi connectivity index (χ2n) is 7.79. The Labute approximate surface area is 168 Å². The third-order valence-corrected chi connectivity index (χ3v) is 5.52. The molecule has 3 heterocycles. The number of fused-ring (bicyclic) bond motifs is 1. The number of hydrogen-bond acceptors (Lipinski definition) is 4. The maximum atomic E-state index is 13.3. The first-order chi connectivity index (χ1) is 13.9. The predicted molar refractivity (Wildman–Crippen MR) is 109 cm³/mol. The second kappa shape index (κ2) is 7.66. The number of aromatic nitrogens is 3. The van der Waals surface area contributed by atoms with Gasteiger partial charge in [-0.05, 0) is 51.0 Å². The Morgan fingerprint density at radius 1 is 1.17 bits per heavy atom. The highest BCUT2D eigenvalue weighted by Gasteiger charge is 2.27. The van der Waals surface area contributed by atoms with Crippen molar-refractivity contribution in [1.82, 2.24) is 20.1 Å². The van der Waals surface area contributed by atoms with Crippen molar-refractivity contribution in [3.05, 3.63) is 58.5 Å². The van der Waals surface area contributed by atoms with Crippen LogP contribution in [-0.2, 0) is 11.2 Å². The number of carboxylic acid groups (broad SMARTS) is 1. The normalized spacial score (nSPS) is 15.0. The number of carbonyl (C=O) groups is 2. The van der Waals surface area contributed by atoms with Crippen LogP contribution in [0.3, 0.4) is 0 Å². The molecule has 1 fully saturated rings.